The van der Waals surface area contributed by atoms with Crippen LogP contribution in [0.5, 0.6) is 0 Å². The molecule has 8 atom stereocenters. The second-order valence-electron chi connectivity index (χ2n) is 8.50. The number of hydrogen-bond acceptors (Lipinski definition) is 4. The molecule has 4 unspecified atom stereocenters. The summed E-state index contributed by atoms with van der Waals surface area (Å²) < 4.78 is 0. The predicted octanol–water partition coefficient (Wildman–Crippen LogP) is 2.42. The summed E-state index contributed by atoms with van der Waals surface area (Å²) in [5, 5.41) is 30.6. The molecule has 0 radical (unpaired) electrons. The monoisotopic (exact) mass is 375 g/mol. The van der Waals surface area contributed by atoms with Crippen LogP contribution in [0, 0.1) is 29.6 Å². The van der Waals surface area contributed by atoms with E-state index in [-0.39, 0.29) is 23.8 Å². The molecular weight excluding hydrogens is 342 g/mol. The normalized spacial score (nSPS) is 38.1. The number of nitrogens with zero attached hydrogens (tertiary/aromatic N) is 1. The van der Waals surface area contributed by atoms with E-state index in [0.717, 1.165) is 25.7 Å². The number of carboxylic acids is 1. The minimum absolute atomic E-state index is 0.00128. The Morgan fingerprint density at radius 2 is 2.07 bits per heavy atom. The van der Waals surface area contributed by atoms with E-state index < -0.39 is 24.2 Å². The third-order valence-corrected chi connectivity index (χ3v) is 6.76. The molecule has 0 bridgehead atoms. The molecule has 5 heteroatoms. The molecule has 3 aliphatic rings. The van der Waals surface area contributed by atoms with Gasteiger partial charge in [-0.15, -0.1) is 11.8 Å². The van der Waals surface area contributed by atoms with Gasteiger partial charge in [-0.2, -0.15) is 0 Å². The Morgan fingerprint density at radius 3 is 2.78 bits per heavy atom. The van der Waals surface area contributed by atoms with Crippen LogP contribution in [0.15, 0.2) is 12.2 Å². The van der Waals surface area contributed by atoms with Gasteiger partial charge in [-0.1, -0.05) is 26.0 Å². The average Bonchev–Trinajstić information content (AvgIpc) is 3.14. The quantitative estimate of drug-likeness (QED) is 0.508. The highest BCUT2D eigenvalue weighted by Gasteiger charge is 2.54. The summed E-state index contributed by atoms with van der Waals surface area (Å²) in [5.74, 6) is 5.72. The molecule has 3 fully saturated rings. The van der Waals surface area contributed by atoms with Crippen LogP contribution in [-0.4, -0.2) is 56.5 Å². The van der Waals surface area contributed by atoms with Gasteiger partial charge in [-0.3, -0.25) is 9.69 Å². The molecule has 0 aromatic carbocycles. The lowest BCUT2D eigenvalue weighted by Gasteiger charge is -2.38. The van der Waals surface area contributed by atoms with E-state index in [2.05, 4.69) is 16.7 Å². The maximum Gasteiger partial charge on any atom is 0.320 e. The van der Waals surface area contributed by atoms with Crippen LogP contribution < -0.4 is 0 Å². The number of carbonyl (C=O) groups is 1. The highest BCUT2D eigenvalue weighted by Crippen LogP contribution is 2.49. The lowest BCUT2D eigenvalue weighted by Crippen LogP contribution is -2.51. The third-order valence-electron chi connectivity index (χ3n) is 6.76. The van der Waals surface area contributed by atoms with Gasteiger partial charge in [0.1, 0.15) is 6.04 Å². The van der Waals surface area contributed by atoms with Gasteiger partial charge in [0.05, 0.1) is 12.2 Å². The van der Waals surface area contributed by atoms with Gasteiger partial charge in [-0.05, 0) is 43.9 Å². The molecule has 0 aromatic rings. The van der Waals surface area contributed by atoms with Crippen LogP contribution in [0.2, 0.25) is 0 Å². The molecule has 2 aliphatic heterocycles. The van der Waals surface area contributed by atoms with Gasteiger partial charge >= 0.3 is 5.97 Å². The van der Waals surface area contributed by atoms with Crippen LogP contribution in [-0.2, 0) is 4.79 Å². The number of aliphatic hydroxyl groups excluding tert-OH is 2. The molecule has 1 saturated carbocycles. The lowest BCUT2D eigenvalue weighted by molar-refractivity contribution is -0.146. The smallest absolute Gasteiger partial charge is 0.320 e. The summed E-state index contributed by atoms with van der Waals surface area (Å²) in [6.45, 7) is 4.00. The van der Waals surface area contributed by atoms with E-state index in [4.69, 9.17) is 0 Å². The second kappa shape index (κ2) is 8.77. The van der Waals surface area contributed by atoms with E-state index >= 15 is 0 Å². The van der Waals surface area contributed by atoms with Crippen molar-refractivity contribution in [2.45, 2.75) is 89.1 Å². The Labute approximate surface area is 162 Å². The van der Waals surface area contributed by atoms with Crippen LogP contribution >= 0.6 is 0 Å². The van der Waals surface area contributed by atoms with Crippen molar-refractivity contribution in [1.82, 2.24) is 4.90 Å². The molecule has 1 aliphatic carbocycles. The first-order chi connectivity index (χ1) is 12.9. The highest BCUT2D eigenvalue weighted by atomic mass is 16.4. The average molecular weight is 376 g/mol. The van der Waals surface area contributed by atoms with E-state index in [0.29, 0.717) is 25.3 Å². The van der Waals surface area contributed by atoms with Gasteiger partial charge < -0.3 is 15.3 Å². The molecule has 2 saturated heterocycles. The van der Waals surface area contributed by atoms with Gasteiger partial charge in [0.25, 0.3) is 0 Å². The van der Waals surface area contributed by atoms with Crippen molar-refractivity contribution >= 4 is 5.97 Å². The first-order valence-corrected chi connectivity index (χ1v) is 10.4. The number of aliphatic carboxylic acids is 1. The maximum absolute atomic E-state index is 11.7. The molecule has 27 heavy (non-hydrogen) atoms. The summed E-state index contributed by atoms with van der Waals surface area (Å²) in [6.07, 6.45) is 8.57. The number of piperidine rings is 1. The van der Waals surface area contributed by atoms with Crippen LogP contribution in [0.4, 0.5) is 0 Å². The first-order valence-electron chi connectivity index (χ1n) is 10.4. The SMILES string of the molecule is CCC#CCC(C)[C@H](O)/C=C/[C@H]1[C@H](O)CC2[C@@H]1CC1CCCC(C(=O)O)N12. The molecule has 0 aromatic heterocycles. The van der Waals surface area contributed by atoms with Crippen molar-refractivity contribution in [3.05, 3.63) is 12.2 Å². The van der Waals surface area contributed by atoms with E-state index in [9.17, 15) is 20.1 Å². The molecule has 0 spiro atoms. The first kappa shape index (κ1) is 20.4. The lowest BCUT2D eigenvalue weighted by atomic mass is 9.88. The fourth-order valence-electron chi connectivity index (χ4n) is 5.37. The summed E-state index contributed by atoms with van der Waals surface area (Å²) in [5.41, 5.74) is 0. The Morgan fingerprint density at radius 1 is 1.30 bits per heavy atom. The standard InChI is InChI=1S/C22H33NO4/c1-3-4-5-7-14(2)20(24)11-10-16-17-12-15-8-6-9-18(22(26)27)23(15)19(17)13-21(16)25/h10-11,14-21,24-25H,3,6-9,12-13H2,1-2H3,(H,26,27)/b11-10+/t14?,15?,16-,17-,18?,19?,20-,21-/m1/s1. The Bertz CT molecular complexity index is 622. The van der Waals surface area contributed by atoms with Crippen molar-refractivity contribution in [1.29, 1.82) is 0 Å². The molecule has 0 amide bonds. The van der Waals surface area contributed by atoms with E-state index in [1.165, 1.54) is 0 Å². The van der Waals surface area contributed by atoms with Crippen molar-refractivity contribution < 1.29 is 20.1 Å². The molecule has 5 nitrogen and oxygen atoms in total. The summed E-state index contributed by atoms with van der Waals surface area (Å²) in [4.78, 5) is 13.9. The number of rotatable bonds is 5. The van der Waals surface area contributed by atoms with E-state index in [1.54, 1.807) is 0 Å². The van der Waals surface area contributed by atoms with Crippen molar-refractivity contribution in [2.75, 3.05) is 0 Å². The Balaban J connectivity index is 1.67. The number of carboxylic acid groups (broad SMARTS) is 1. The number of aliphatic hydroxyl groups is 2. The van der Waals surface area contributed by atoms with Crippen molar-refractivity contribution in [2.24, 2.45) is 17.8 Å². The van der Waals surface area contributed by atoms with Gasteiger partial charge in [0, 0.05) is 30.8 Å². The van der Waals surface area contributed by atoms with Crippen LogP contribution in [0.3, 0.4) is 0 Å². The third kappa shape index (κ3) is 4.23. The molecule has 3 N–H and O–H groups in total. The zero-order chi connectivity index (χ0) is 19.6. The topological polar surface area (TPSA) is 81.0 Å². The minimum Gasteiger partial charge on any atom is -0.480 e. The molecule has 2 heterocycles. The second-order valence-corrected chi connectivity index (χ2v) is 8.50. The van der Waals surface area contributed by atoms with Crippen molar-refractivity contribution in [3.8, 4) is 11.8 Å². The van der Waals surface area contributed by atoms with Crippen LogP contribution in [0.25, 0.3) is 0 Å². The number of hydrogen-bond donors (Lipinski definition) is 3. The zero-order valence-corrected chi connectivity index (χ0v) is 16.4. The summed E-state index contributed by atoms with van der Waals surface area (Å²) >= 11 is 0. The number of fused-ring (bicyclic) bond motifs is 3. The van der Waals surface area contributed by atoms with Crippen molar-refractivity contribution in [3.63, 3.8) is 0 Å². The Kier molecular flexibility index (Phi) is 6.62. The molecule has 150 valence electrons. The van der Waals surface area contributed by atoms with Gasteiger partial charge in [0.15, 0.2) is 0 Å². The van der Waals surface area contributed by atoms with Crippen LogP contribution in [0.1, 0.15) is 58.8 Å². The fraction of sp³-hybridized carbons (Fsp3) is 0.773. The predicted molar refractivity (Wildman–Crippen MR) is 104 cm³/mol. The minimum atomic E-state index is -0.730. The highest BCUT2D eigenvalue weighted by molar-refractivity contribution is 5.73. The fourth-order valence-corrected chi connectivity index (χ4v) is 5.37. The molecule has 3 rings (SSSR count). The summed E-state index contributed by atoms with van der Waals surface area (Å²) in [6, 6.07) is 0.0638. The summed E-state index contributed by atoms with van der Waals surface area (Å²) in [7, 11) is 0. The Hall–Kier alpha value is -1.35. The van der Waals surface area contributed by atoms with Gasteiger partial charge in [-0.25, -0.2) is 0 Å². The molecular formula is C22H33NO4. The van der Waals surface area contributed by atoms with E-state index in [1.807, 2.05) is 26.0 Å². The zero-order valence-electron chi connectivity index (χ0n) is 16.4. The largest absolute Gasteiger partial charge is 0.480 e. The maximum atomic E-state index is 11.7. The van der Waals surface area contributed by atoms with Gasteiger partial charge in [0.2, 0.25) is 0 Å².